The van der Waals surface area contributed by atoms with Crippen LogP contribution in [0.1, 0.15) is 44.8 Å². The lowest BCUT2D eigenvalue weighted by molar-refractivity contribution is 0.0926. The molecule has 1 aliphatic heterocycles. The summed E-state index contributed by atoms with van der Waals surface area (Å²) in [7, 11) is 0. The van der Waals surface area contributed by atoms with Gasteiger partial charge in [0.05, 0.1) is 28.7 Å². The van der Waals surface area contributed by atoms with Crippen molar-refractivity contribution in [2.75, 3.05) is 4.90 Å². The molecule has 0 spiro atoms. The molecule has 4 rings (SSSR count). The van der Waals surface area contributed by atoms with Crippen LogP contribution in [0.25, 0.3) is 0 Å². The number of aromatic nitrogens is 1. The number of nitrogens with zero attached hydrogens (tertiary/aromatic N) is 2. The van der Waals surface area contributed by atoms with Crippen LogP contribution in [-0.2, 0) is 6.42 Å². The first-order valence-corrected chi connectivity index (χ1v) is 9.72. The molecule has 146 valence electrons. The summed E-state index contributed by atoms with van der Waals surface area (Å²) < 4.78 is 27.5. The van der Waals surface area contributed by atoms with Crippen LogP contribution in [0.15, 0.2) is 59.2 Å². The van der Waals surface area contributed by atoms with Crippen molar-refractivity contribution in [1.29, 1.82) is 0 Å². The van der Waals surface area contributed by atoms with Gasteiger partial charge in [-0.05, 0) is 58.2 Å². The fraction of sp³-hybridized carbons (Fsp3) is 0.136. The van der Waals surface area contributed by atoms with Gasteiger partial charge in [0, 0.05) is 16.5 Å². The van der Waals surface area contributed by atoms with Crippen LogP contribution in [-0.4, -0.2) is 16.8 Å². The standard InChI is InChI=1S/C22H15BrF2N2O2/c1-12(6-13-7-14(24)9-15(25)8-13)20-19(23)10-16(11-26-20)27-21(28)17-4-2-3-5-18(17)22(27)29/h2-5,7-12H,6H2,1H3/t12-/m0/s1. The highest BCUT2D eigenvalue weighted by Crippen LogP contribution is 2.33. The fourth-order valence-corrected chi connectivity index (χ4v) is 4.25. The third kappa shape index (κ3) is 3.58. The maximum absolute atomic E-state index is 13.4. The normalized spacial score (nSPS) is 14.3. The lowest BCUT2D eigenvalue weighted by atomic mass is 9.97. The Kier molecular flexibility index (Phi) is 5.00. The molecule has 0 N–H and O–H groups in total. The molecule has 7 heteroatoms. The maximum Gasteiger partial charge on any atom is 0.266 e. The van der Waals surface area contributed by atoms with Crippen LogP contribution < -0.4 is 4.90 Å². The number of fused-ring (bicyclic) bond motifs is 1. The molecular weight excluding hydrogens is 442 g/mol. The lowest BCUT2D eigenvalue weighted by Crippen LogP contribution is -2.29. The number of carbonyl (C=O) groups excluding carboxylic acids is 2. The summed E-state index contributed by atoms with van der Waals surface area (Å²) in [5.74, 6) is -2.19. The van der Waals surface area contributed by atoms with E-state index in [1.54, 1.807) is 30.3 Å². The number of halogens is 3. The Morgan fingerprint density at radius 2 is 1.59 bits per heavy atom. The zero-order chi connectivity index (χ0) is 20.7. The smallest absolute Gasteiger partial charge is 0.266 e. The minimum absolute atomic E-state index is 0.151. The number of carbonyl (C=O) groups is 2. The van der Waals surface area contributed by atoms with E-state index < -0.39 is 23.4 Å². The van der Waals surface area contributed by atoms with Crippen LogP contribution in [0.4, 0.5) is 14.5 Å². The molecule has 0 unspecified atom stereocenters. The number of amides is 2. The van der Waals surface area contributed by atoms with Gasteiger partial charge in [-0.2, -0.15) is 0 Å². The van der Waals surface area contributed by atoms with Gasteiger partial charge in [0.25, 0.3) is 11.8 Å². The first kappa shape index (κ1) is 19.4. The van der Waals surface area contributed by atoms with E-state index >= 15 is 0 Å². The van der Waals surface area contributed by atoms with Crippen molar-refractivity contribution in [3.8, 4) is 0 Å². The zero-order valence-corrected chi connectivity index (χ0v) is 16.9. The van der Waals surface area contributed by atoms with Gasteiger partial charge in [0.1, 0.15) is 11.6 Å². The second kappa shape index (κ2) is 7.48. The van der Waals surface area contributed by atoms with Crippen molar-refractivity contribution in [2.24, 2.45) is 0 Å². The molecule has 3 aromatic rings. The average Bonchev–Trinajstić information content (AvgIpc) is 2.91. The van der Waals surface area contributed by atoms with E-state index in [1.165, 1.54) is 18.3 Å². The monoisotopic (exact) mass is 456 g/mol. The van der Waals surface area contributed by atoms with E-state index in [4.69, 9.17) is 0 Å². The molecule has 0 saturated carbocycles. The van der Waals surface area contributed by atoms with Gasteiger partial charge in [-0.25, -0.2) is 13.7 Å². The molecule has 0 aliphatic carbocycles. The van der Waals surface area contributed by atoms with Crippen LogP contribution in [0.2, 0.25) is 0 Å². The first-order valence-electron chi connectivity index (χ1n) is 8.93. The van der Waals surface area contributed by atoms with Crippen molar-refractivity contribution in [1.82, 2.24) is 4.98 Å². The van der Waals surface area contributed by atoms with E-state index in [1.807, 2.05) is 6.92 Å². The Balaban J connectivity index is 1.60. The second-order valence-electron chi connectivity index (χ2n) is 6.93. The van der Waals surface area contributed by atoms with Crippen molar-refractivity contribution in [3.63, 3.8) is 0 Å². The van der Waals surface area contributed by atoms with Gasteiger partial charge >= 0.3 is 0 Å². The summed E-state index contributed by atoms with van der Waals surface area (Å²) in [5, 5.41) is 0. The number of anilines is 1. The Hall–Kier alpha value is -2.93. The third-order valence-electron chi connectivity index (χ3n) is 4.84. The molecule has 0 saturated heterocycles. The summed E-state index contributed by atoms with van der Waals surface area (Å²) >= 11 is 3.45. The Morgan fingerprint density at radius 1 is 1.00 bits per heavy atom. The van der Waals surface area contributed by atoms with E-state index in [9.17, 15) is 18.4 Å². The topological polar surface area (TPSA) is 50.3 Å². The van der Waals surface area contributed by atoms with E-state index in [-0.39, 0.29) is 5.92 Å². The van der Waals surface area contributed by atoms with Crippen molar-refractivity contribution < 1.29 is 18.4 Å². The minimum atomic E-state index is -0.625. The second-order valence-corrected chi connectivity index (χ2v) is 7.79. The largest absolute Gasteiger partial charge is 0.268 e. The predicted molar refractivity (Wildman–Crippen MR) is 108 cm³/mol. The Bertz CT molecular complexity index is 1090. The summed E-state index contributed by atoms with van der Waals surface area (Å²) in [6.45, 7) is 1.89. The lowest BCUT2D eigenvalue weighted by Gasteiger charge is -2.17. The molecule has 2 amide bonds. The molecule has 2 heterocycles. The van der Waals surface area contributed by atoms with E-state index in [0.29, 0.717) is 39.0 Å². The number of benzene rings is 2. The quantitative estimate of drug-likeness (QED) is 0.502. The summed E-state index contributed by atoms with van der Waals surface area (Å²) in [6.07, 6.45) is 1.84. The molecule has 1 aromatic heterocycles. The Morgan fingerprint density at radius 3 is 2.14 bits per heavy atom. The number of rotatable bonds is 4. The molecule has 4 nitrogen and oxygen atoms in total. The van der Waals surface area contributed by atoms with Gasteiger partial charge in [0.2, 0.25) is 0 Å². The third-order valence-corrected chi connectivity index (χ3v) is 5.47. The highest BCUT2D eigenvalue weighted by Gasteiger charge is 2.36. The summed E-state index contributed by atoms with van der Waals surface area (Å²) in [4.78, 5) is 30.8. The molecule has 0 fully saturated rings. The van der Waals surface area contributed by atoms with Gasteiger partial charge < -0.3 is 0 Å². The maximum atomic E-state index is 13.4. The van der Waals surface area contributed by atoms with Gasteiger partial charge in [-0.1, -0.05) is 19.1 Å². The summed E-state index contributed by atoms with van der Waals surface area (Å²) in [6, 6.07) is 11.7. The SMILES string of the molecule is C[C@@H](Cc1cc(F)cc(F)c1)c1ncc(N2C(=O)c3ccccc3C2=O)cc1Br. The van der Waals surface area contributed by atoms with Gasteiger partial charge in [-0.15, -0.1) is 0 Å². The first-order chi connectivity index (χ1) is 13.8. The molecule has 0 bridgehead atoms. The van der Waals surface area contributed by atoms with Crippen LogP contribution in [0.3, 0.4) is 0 Å². The van der Waals surface area contributed by atoms with Crippen LogP contribution in [0.5, 0.6) is 0 Å². The number of hydrogen-bond acceptors (Lipinski definition) is 3. The average molecular weight is 457 g/mol. The highest BCUT2D eigenvalue weighted by atomic mass is 79.9. The van der Waals surface area contributed by atoms with E-state index in [0.717, 1.165) is 11.0 Å². The molecule has 1 atom stereocenters. The molecule has 2 aromatic carbocycles. The van der Waals surface area contributed by atoms with E-state index in [2.05, 4.69) is 20.9 Å². The van der Waals surface area contributed by atoms with Gasteiger partial charge in [0.15, 0.2) is 0 Å². The van der Waals surface area contributed by atoms with Crippen LogP contribution >= 0.6 is 15.9 Å². The fourth-order valence-electron chi connectivity index (χ4n) is 3.53. The van der Waals surface area contributed by atoms with Crippen LogP contribution in [0, 0.1) is 11.6 Å². The van der Waals surface area contributed by atoms with Gasteiger partial charge in [-0.3, -0.25) is 14.6 Å². The highest BCUT2D eigenvalue weighted by molar-refractivity contribution is 9.10. The molecular formula is C22H15BrF2N2O2. The number of imide groups is 1. The number of pyridine rings is 1. The van der Waals surface area contributed by atoms with Crippen molar-refractivity contribution in [3.05, 3.63) is 93.2 Å². The molecule has 29 heavy (non-hydrogen) atoms. The molecule has 1 aliphatic rings. The van der Waals surface area contributed by atoms with Crippen molar-refractivity contribution in [2.45, 2.75) is 19.3 Å². The van der Waals surface area contributed by atoms with Crippen molar-refractivity contribution >= 4 is 33.4 Å². The predicted octanol–water partition coefficient (Wildman–Crippen LogP) is 5.27. The zero-order valence-electron chi connectivity index (χ0n) is 15.3. The molecule has 0 radical (unpaired) electrons. The minimum Gasteiger partial charge on any atom is -0.268 e. The Labute approximate surface area is 174 Å². The number of hydrogen-bond donors (Lipinski definition) is 0. The summed E-state index contributed by atoms with van der Waals surface area (Å²) in [5.41, 5.74) is 2.26.